The molecule has 1 N–H and O–H groups in total. The Bertz CT molecular complexity index is 1240. The average Bonchev–Trinajstić information content (AvgIpc) is 3.01. The number of hydrogen-bond donors (Lipinski definition) is 1. The minimum Gasteiger partial charge on any atom is -0.494 e. The van der Waals surface area contributed by atoms with Crippen LogP contribution >= 0.6 is 11.6 Å². The number of rotatable bonds is 6. The third-order valence-corrected chi connectivity index (χ3v) is 5.28. The Balaban J connectivity index is 1.82. The molecule has 7 heteroatoms. The van der Waals surface area contributed by atoms with E-state index in [1.165, 1.54) is 24.3 Å². The van der Waals surface area contributed by atoms with E-state index in [9.17, 15) is 14.0 Å². The van der Waals surface area contributed by atoms with Crippen LogP contribution in [-0.4, -0.2) is 18.4 Å². The molecule has 0 saturated heterocycles. The van der Waals surface area contributed by atoms with Gasteiger partial charge in [-0.25, -0.2) is 9.29 Å². The topological polar surface area (TPSA) is 58.6 Å². The first-order valence-corrected chi connectivity index (χ1v) is 10.4. The molecule has 3 aromatic carbocycles. The van der Waals surface area contributed by atoms with Gasteiger partial charge >= 0.3 is 0 Å². The zero-order chi connectivity index (χ0) is 22.8. The van der Waals surface area contributed by atoms with E-state index in [1.54, 1.807) is 49.4 Å². The van der Waals surface area contributed by atoms with Crippen molar-refractivity contribution in [3.05, 3.63) is 94.4 Å². The second kappa shape index (κ2) is 8.85. The molecule has 5 nitrogen and oxygen atoms in total. The van der Waals surface area contributed by atoms with Gasteiger partial charge in [-0.2, -0.15) is 0 Å². The number of carbonyl (C=O) groups excluding carboxylic acids is 2. The molecule has 2 amide bonds. The van der Waals surface area contributed by atoms with Gasteiger partial charge in [0.1, 0.15) is 17.3 Å². The van der Waals surface area contributed by atoms with Gasteiger partial charge in [0.15, 0.2) is 0 Å². The number of nitrogens with one attached hydrogen (secondary N) is 1. The van der Waals surface area contributed by atoms with Crippen molar-refractivity contribution in [2.24, 2.45) is 0 Å². The number of imide groups is 1. The van der Waals surface area contributed by atoms with E-state index in [-0.39, 0.29) is 11.3 Å². The predicted molar refractivity (Wildman–Crippen MR) is 123 cm³/mol. The molecule has 0 fully saturated rings. The van der Waals surface area contributed by atoms with E-state index in [2.05, 4.69) is 5.32 Å². The van der Waals surface area contributed by atoms with Crippen LogP contribution in [0.5, 0.6) is 5.75 Å². The summed E-state index contributed by atoms with van der Waals surface area (Å²) in [6, 6.07) is 17.6. The summed E-state index contributed by atoms with van der Waals surface area (Å²) in [5, 5.41) is 3.48. The summed E-state index contributed by atoms with van der Waals surface area (Å²) in [6.07, 6.45) is 0. The first kappa shape index (κ1) is 21.6. The molecule has 0 unspecified atom stereocenters. The highest BCUT2D eigenvalue weighted by Gasteiger charge is 2.41. The van der Waals surface area contributed by atoms with Gasteiger partial charge in [-0.3, -0.25) is 9.59 Å². The third-order valence-electron chi connectivity index (χ3n) is 5.04. The molecule has 3 aromatic rings. The summed E-state index contributed by atoms with van der Waals surface area (Å²) in [4.78, 5) is 28.1. The lowest BCUT2D eigenvalue weighted by Gasteiger charge is -2.18. The van der Waals surface area contributed by atoms with Crippen LogP contribution in [0, 0.1) is 12.7 Å². The van der Waals surface area contributed by atoms with Crippen LogP contribution < -0.4 is 15.0 Å². The normalized spacial score (nSPS) is 13.7. The summed E-state index contributed by atoms with van der Waals surface area (Å²) in [5.74, 6) is -0.856. The molecule has 1 heterocycles. The van der Waals surface area contributed by atoms with Crippen LogP contribution in [0.3, 0.4) is 0 Å². The molecule has 0 aromatic heterocycles. The van der Waals surface area contributed by atoms with Crippen LogP contribution in [0.1, 0.15) is 18.1 Å². The SMILES string of the molecule is CCOc1cccc(NC2=C(c3ccc(F)cc3)C(=O)N(c3cc(Cl)ccc3C)C2=O)c1. The monoisotopic (exact) mass is 450 g/mol. The van der Waals surface area contributed by atoms with Gasteiger partial charge in [0.05, 0.1) is 17.9 Å². The van der Waals surface area contributed by atoms with Gasteiger partial charge in [-0.1, -0.05) is 35.9 Å². The van der Waals surface area contributed by atoms with E-state index in [1.807, 2.05) is 6.92 Å². The molecule has 32 heavy (non-hydrogen) atoms. The van der Waals surface area contributed by atoms with Crippen molar-refractivity contribution in [3.8, 4) is 5.75 Å². The molecule has 0 spiro atoms. The lowest BCUT2D eigenvalue weighted by molar-refractivity contribution is -0.120. The maximum atomic E-state index is 13.5. The fourth-order valence-electron chi connectivity index (χ4n) is 3.55. The minimum absolute atomic E-state index is 0.0923. The first-order valence-electron chi connectivity index (χ1n) is 10.0. The van der Waals surface area contributed by atoms with Gasteiger partial charge in [0, 0.05) is 16.8 Å². The number of carbonyl (C=O) groups is 2. The highest BCUT2D eigenvalue weighted by atomic mass is 35.5. The Kier molecular flexibility index (Phi) is 5.97. The lowest BCUT2D eigenvalue weighted by Crippen LogP contribution is -2.33. The maximum Gasteiger partial charge on any atom is 0.282 e. The average molecular weight is 451 g/mol. The zero-order valence-electron chi connectivity index (χ0n) is 17.5. The van der Waals surface area contributed by atoms with Crippen molar-refractivity contribution >= 4 is 40.4 Å². The Morgan fingerprint density at radius 3 is 2.47 bits per heavy atom. The lowest BCUT2D eigenvalue weighted by atomic mass is 10.0. The Morgan fingerprint density at radius 1 is 1.00 bits per heavy atom. The van der Waals surface area contributed by atoms with Crippen LogP contribution in [0.15, 0.2) is 72.4 Å². The molecule has 1 aliphatic rings. The Hall–Kier alpha value is -3.64. The molecule has 0 bridgehead atoms. The number of benzene rings is 3. The molecular formula is C25H20ClFN2O3. The van der Waals surface area contributed by atoms with Gasteiger partial charge in [0.25, 0.3) is 11.8 Å². The fourth-order valence-corrected chi connectivity index (χ4v) is 3.71. The van der Waals surface area contributed by atoms with Crippen LogP contribution in [-0.2, 0) is 9.59 Å². The Morgan fingerprint density at radius 2 is 1.75 bits per heavy atom. The largest absolute Gasteiger partial charge is 0.494 e. The highest BCUT2D eigenvalue weighted by Crippen LogP contribution is 2.36. The van der Waals surface area contributed by atoms with Crippen molar-refractivity contribution in [3.63, 3.8) is 0 Å². The van der Waals surface area contributed by atoms with Crippen molar-refractivity contribution in [2.45, 2.75) is 13.8 Å². The van der Waals surface area contributed by atoms with Crippen molar-refractivity contribution < 1.29 is 18.7 Å². The standard InChI is InChI=1S/C25H20ClFN2O3/c1-3-32-20-6-4-5-19(14-20)28-23-22(16-8-11-18(27)12-9-16)24(30)29(25(23)31)21-13-17(26)10-7-15(21)2/h4-14,28H,3H2,1-2H3. The number of nitrogens with zero attached hydrogens (tertiary/aromatic N) is 1. The van der Waals surface area contributed by atoms with E-state index < -0.39 is 17.6 Å². The fraction of sp³-hybridized carbons (Fsp3) is 0.120. The van der Waals surface area contributed by atoms with Crippen molar-refractivity contribution in [2.75, 3.05) is 16.8 Å². The summed E-state index contributed by atoms with van der Waals surface area (Å²) in [7, 11) is 0. The summed E-state index contributed by atoms with van der Waals surface area (Å²) < 4.78 is 19.1. The first-order chi connectivity index (χ1) is 15.4. The van der Waals surface area contributed by atoms with Crippen LogP contribution in [0.2, 0.25) is 5.02 Å². The number of aryl methyl sites for hydroxylation is 1. The molecule has 0 saturated carbocycles. The number of halogens is 2. The molecule has 162 valence electrons. The van der Waals surface area contributed by atoms with Gasteiger partial charge in [-0.05, 0) is 61.4 Å². The molecule has 1 aliphatic heterocycles. The number of hydrogen-bond acceptors (Lipinski definition) is 4. The highest BCUT2D eigenvalue weighted by molar-refractivity contribution is 6.46. The third kappa shape index (κ3) is 4.09. The summed E-state index contributed by atoms with van der Waals surface area (Å²) in [5.41, 5.74) is 2.36. The Labute approximate surface area is 190 Å². The molecule has 4 rings (SSSR count). The molecule has 0 aliphatic carbocycles. The van der Waals surface area contributed by atoms with Crippen LogP contribution in [0.25, 0.3) is 5.57 Å². The van der Waals surface area contributed by atoms with Gasteiger partial charge < -0.3 is 10.1 Å². The summed E-state index contributed by atoms with van der Waals surface area (Å²) in [6.45, 7) is 4.16. The number of amides is 2. The van der Waals surface area contributed by atoms with E-state index in [0.29, 0.717) is 39.9 Å². The second-order valence-corrected chi connectivity index (χ2v) is 7.66. The smallest absolute Gasteiger partial charge is 0.282 e. The van der Waals surface area contributed by atoms with Crippen molar-refractivity contribution in [1.82, 2.24) is 0 Å². The minimum atomic E-state index is -0.526. The molecule has 0 atom stereocenters. The van der Waals surface area contributed by atoms with Crippen molar-refractivity contribution in [1.29, 1.82) is 0 Å². The quantitative estimate of drug-likeness (QED) is 0.498. The molecular weight excluding hydrogens is 431 g/mol. The molecule has 0 radical (unpaired) electrons. The van der Waals surface area contributed by atoms with E-state index in [4.69, 9.17) is 16.3 Å². The van der Waals surface area contributed by atoms with Gasteiger partial charge in [-0.15, -0.1) is 0 Å². The van der Waals surface area contributed by atoms with Gasteiger partial charge in [0.2, 0.25) is 0 Å². The van der Waals surface area contributed by atoms with E-state index >= 15 is 0 Å². The maximum absolute atomic E-state index is 13.5. The number of anilines is 2. The predicted octanol–water partition coefficient (Wildman–Crippen LogP) is 5.58. The van der Waals surface area contributed by atoms with Crippen LogP contribution in [0.4, 0.5) is 15.8 Å². The second-order valence-electron chi connectivity index (χ2n) is 7.22. The van der Waals surface area contributed by atoms with E-state index in [0.717, 1.165) is 4.90 Å². The number of ether oxygens (including phenoxy) is 1. The zero-order valence-corrected chi connectivity index (χ0v) is 18.2. The summed E-state index contributed by atoms with van der Waals surface area (Å²) >= 11 is 6.14.